The Morgan fingerprint density at radius 3 is 1.06 bits per heavy atom. The lowest BCUT2D eigenvalue weighted by atomic mass is 10.0. The van der Waals surface area contributed by atoms with Gasteiger partial charge in [0, 0.05) is 6.42 Å². The van der Waals surface area contributed by atoms with Crippen molar-refractivity contribution in [2.45, 2.75) is 373 Å². The van der Waals surface area contributed by atoms with Crippen molar-refractivity contribution in [3.05, 3.63) is 24.3 Å². The second-order valence-corrected chi connectivity index (χ2v) is 26.7. The summed E-state index contributed by atoms with van der Waals surface area (Å²) in [7, 11) is 1.32. The molecule has 78 heavy (non-hydrogen) atoms. The van der Waals surface area contributed by atoms with Crippen LogP contribution >= 0.6 is 7.82 Å². The highest BCUT2D eigenvalue weighted by Crippen LogP contribution is 2.38. The topological polar surface area (TPSA) is 108 Å². The van der Waals surface area contributed by atoms with E-state index in [1.165, 1.54) is 289 Å². The molecular weight excluding hydrogens is 984 g/mol. The zero-order valence-corrected chi connectivity index (χ0v) is 54.0. The van der Waals surface area contributed by atoms with Gasteiger partial charge in [0.2, 0.25) is 5.91 Å². The Balaban J connectivity index is 3.94. The monoisotopic (exact) mass is 1120 g/mol. The molecule has 0 aliphatic heterocycles. The summed E-state index contributed by atoms with van der Waals surface area (Å²) in [4.78, 5) is 25.6. The molecule has 464 valence electrons. The minimum Gasteiger partial charge on any atom is -0.756 e. The summed E-state index contributed by atoms with van der Waals surface area (Å²) in [6.45, 7) is 4.78. The van der Waals surface area contributed by atoms with E-state index >= 15 is 0 Å². The van der Waals surface area contributed by atoms with E-state index in [-0.39, 0.29) is 19.1 Å². The van der Waals surface area contributed by atoms with Crippen molar-refractivity contribution < 1.29 is 32.9 Å². The normalized spacial score (nSPS) is 13.8. The fourth-order valence-corrected chi connectivity index (χ4v) is 11.5. The SMILES string of the molecule is CCCCCCCCCCCCCCC/C=C\C/C=C\CCCCCCCCCCCCCCCCCCCC(=O)NC(COP(=O)([O-])OCC[N+](C)(C)C)C(O)CCCCCCCCCCCCCCCCCCCCC. The summed E-state index contributed by atoms with van der Waals surface area (Å²) in [6.07, 6.45) is 78.3. The summed E-state index contributed by atoms with van der Waals surface area (Å²) in [5.41, 5.74) is 0. The van der Waals surface area contributed by atoms with E-state index in [9.17, 15) is 19.4 Å². The molecule has 0 rings (SSSR count). The number of aliphatic hydroxyl groups is 1. The summed E-state index contributed by atoms with van der Waals surface area (Å²) in [5, 5.41) is 14.1. The van der Waals surface area contributed by atoms with E-state index in [0.29, 0.717) is 23.9 Å². The molecule has 0 bridgehead atoms. The first-order valence-corrected chi connectivity index (χ1v) is 36.1. The first kappa shape index (κ1) is 77.0. The zero-order valence-electron chi connectivity index (χ0n) is 53.2. The molecule has 3 atom stereocenters. The number of allylic oxidation sites excluding steroid dienone is 4. The highest BCUT2D eigenvalue weighted by atomic mass is 31.2. The molecule has 0 heterocycles. The number of carbonyl (C=O) groups excluding carboxylic acids is 1. The van der Waals surface area contributed by atoms with Gasteiger partial charge in [0.1, 0.15) is 13.2 Å². The lowest BCUT2D eigenvalue weighted by Gasteiger charge is -2.30. The first-order chi connectivity index (χ1) is 38.0. The summed E-state index contributed by atoms with van der Waals surface area (Å²) in [5.74, 6) is -0.158. The van der Waals surface area contributed by atoms with Crippen LogP contribution in [0.4, 0.5) is 0 Å². The number of unbranched alkanes of at least 4 members (excludes halogenated alkanes) is 48. The van der Waals surface area contributed by atoms with Crippen molar-refractivity contribution in [2.24, 2.45) is 0 Å². The summed E-state index contributed by atoms with van der Waals surface area (Å²) >= 11 is 0. The van der Waals surface area contributed by atoms with Crippen LogP contribution in [-0.2, 0) is 18.4 Å². The molecule has 0 saturated carbocycles. The number of rotatable bonds is 65. The maximum atomic E-state index is 13.0. The Labute approximate surface area is 487 Å². The molecule has 1 amide bonds. The van der Waals surface area contributed by atoms with Crippen molar-refractivity contribution in [1.82, 2.24) is 5.32 Å². The van der Waals surface area contributed by atoms with Crippen LogP contribution in [0.5, 0.6) is 0 Å². The summed E-state index contributed by atoms with van der Waals surface area (Å²) in [6, 6.07) is -0.799. The van der Waals surface area contributed by atoms with Gasteiger partial charge in [0.05, 0.1) is 39.9 Å². The number of carbonyl (C=O) groups is 1. The summed E-state index contributed by atoms with van der Waals surface area (Å²) < 4.78 is 23.5. The quantitative estimate of drug-likeness (QED) is 0.0272. The number of quaternary nitrogens is 1. The standard InChI is InChI=1S/C69H137N2O6P/c1-6-8-10-12-14-16-18-20-22-24-26-27-28-29-30-31-32-33-34-35-36-37-38-39-40-41-42-43-45-47-49-51-53-55-57-59-61-63-69(73)70-67(66-77-78(74,75)76-65-64-71(3,4)5)68(72)62-60-58-56-54-52-50-48-46-44-25-23-21-19-17-15-13-11-9-7-2/h30-31,33-34,67-68,72H,6-29,32,35-66H2,1-5H3,(H-,70,73,74,75)/b31-30-,34-33-. The Kier molecular flexibility index (Phi) is 59.8. The van der Waals surface area contributed by atoms with E-state index in [1.807, 2.05) is 21.1 Å². The van der Waals surface area contributed by atoms with Gasteiger partial charge in [-0.25, -0.2) is 0 Å². The van der Waals surface area contributed by atoms with Crippen LogP contribution in [0.15, 0.2) is 24.3 Å². The van der Waals surface area contributed by atoms with E-state index in [0.717, 1.165) is 44.9 Å². The molecule has 0 aromatic carbocycles. The van der Waals surface area contributed by atoms with Crippen LogP contribution in [0.25, 0.3) is 0 Å². The fourth-order valence-electron chi connectivity index (χ4n) is 10.8. The van der Waals surface area contributed by atoms with Crippen molar-refractivity contribution >= 4 is 13.7 Å². The lowest BCUT2D eigenvalue weighted by molar-refractivity contribution is -0.870. The van der Waals surface area contributed by atoms with Gasteiger partial charge >= 0.3 is 0 Å². The first-order valence-electron chi connectivity index (χ1n) is 34.7. The van der Waals surface area contributed by atoms with Crippen LogP contribution in [-0.4, -0.2) is 68.5 Å². The molecule has 0 spiro atoms. The van der Waals surface area contributed by atoms with Gasteiger partial charge in [0.15, 0.2) is 0 Å². The highest BCUT2D eigenvalue weighted by molar-refractivity contribution is 7.45. The highest BCUT2D eigenvalue weighted by Gasteiger charge is 2.24. The van der Waals surface area contributed by atoms with Gasteiger partial charge < -0.3 is 28.8 Å². The van der Waals surface area contributed by atoms with Crippen LogP contribution < -0.4 is 10.2 Å². The lowest BCUT2D eigenvalue weighted by Crippen LogP contribution is -2.46. The molecule has 0 fully saturated rings. The van der Waals surface area contributed by atoms with Crippen molar-refractivity contribution in [3.8, 4) is 0 Å². The number of phosphoric ester groups is 1. The van der Waals surface area contributed by atoms with Crippen LogP contribution in [0, 0.1) is 0 Å². The molecule has 0 aromatic heterocycles. The number of aliphatic hydroxyl groups excluding tert-OH is 1. The van der Waals surface area contributed by atoms with E-state index in [1.54, 1.807) is 0 Å². The molecule has 0 aliphatic rings. The molecule has 0 radical (unpaired) electrons. The second-order valence-electron chi connectivity index (χ2n) is 25.2. The average molecular weight is 1120 g/mol. The average Bonchev–Trinajstić information content (AvgIpc) is 3.41. The minimum absolute atomic E-state index is 0.0146. The van der Waals surface area contributed by atoms with Gasteiger partial charge in [-0.3, -0.25) is 9.36 Å². The Bertz CT molecular complexity index is 1320. The number of phosphoric acid groups is 1. The molecule has 0 aromatic rings. The zero-order chi connectivity index (χ0) is 57.0. The van der Waals surface area contributed by atoms with Gasteiger partial charge in [0.25, 0.3) is 7.82 Å². The van der Waals surface area contributed by atoms with Gasteiger partial charge in [-0.15, -0.1) is 0 Å². The minimum atomic E-state index is -4.58. The Morgan fingerprint density at radius 1 is 0.449 bits per heavy atom. The van der Waals surface area contributed by atoms with Crippen molar-refractivity contribution in [1.29, 1.82) is 0 Å². The number of likely N-dealkylation sites (N-methyl/N-ethyl adjacent to an activating group) is 1. The fraction of sp³-hybridized carbons (Fsp3) is 0.928. The molecule has 9 heteroatoms. The maximum Gasteiger partial charge on any atom is 0.268 e. The largest absolute Gasteiger partial charge is 0.756 e. The van der Waals surface area contributed by atoms with Gasteiger partial charge in [-0.2, -0.15) is 0 Å². The van der Waals surface area contributed by atoms with Crippen molar-refractivity contribution in [3.63, 3.8) is 0 Å². The molecule has 8 nitrogen and oxygen atoms in total. The van der Waals surface area contributed by atoms with E-state index in [2.05, 4.69) is 43.5 Å². The number of nitrogens with one attached hydrogen (secondary N) is 1. The third-order valence-corrected chi connectivity index (χ3v) is 17.2. The van der Waals surface area contributed by atoms with Gasteiger partial charge in [-0.1, -0.05) is 334 Å². The molecule has 3 unspecified atom stereocenters. The number of amides is 1. The van der Waals surface area contributed by atoms with E-state index < -0.39 is 20.0 Å². The van der Waals surface area contributed by atoms with Crippen LogP contribution in [0.2, 0.25) is 0 Å². The molecular formula is C69H137N2O6P. The predicted molar refractivity (Wildman–Crippen MR) is 339 cm³/mol. The van der Waals surface area contributed by atoms with Crippen molar-refractivity contribution in [2.75, 3.05) is 40.9 Å². The third kappa shape index (κ3) is 62.6. The maximum absolute atomic E-state index is 13.0. The van der Waals surface area contributed by atoms with Crippen LogP contribution in [0.1, 0.15) is 361 Å². The number of nitrogens with zero attached hydrogens (tertiary/aromatic N) is 1. The van der Waals surface area contributed by atoms with E-state index in [4.69, 9.17) is 9.05 Å². The Hall–Kier alpha value is -1.02. The predicted octanol–water partition coefficient (Wildman–Crippen LogP) is 21.3. The molecule has 2 N–H and O–H groups in total. The second kappa shape index (κ2) is 60.6. The van der Waals surface area contributed by atoms with Gasteiger partial charge in [-0.05, 0) is 44.9 Å². The third-order valence-electron chi connectivity index (χ3n) is 16.2. The molecule has 0 saturated heterocycles. The number of hydrogen-bond acceptors (Lipinski definition) is 6. The number of hydrogen-bond donors (Lipinski definition) is 2. The van der Waals surface area contributed by atoms with Crippen LogP contribution in [0.3, 0.4) is 0 Å². The smallest absolute Gasteiger partial charge is 0.268 e. The Morgan fingerprint density at radius 2 is 0.744 bits per heavy atom. The molecule has 0 aliphatic carbocycles.